The van der Waals surface area contributed by atoms with E-state index in [1.165, 1.54) is 5.56 Å². The predicted octanol–water partition coefficient (Wildman–Crippen LogP) is 4.11. The molecule has 0 radical (unpaired) electrons. The molecule has 0 atom stereocenters. The lowest BCUT2D eigenvalue weighted by Crippen LogP contribution is -1.96. The van der Waals surface area contributed by atoms with Crippen LogP contribution in [-0.4, -0.2) is 20.2 Å². The number of rotatable bonds is 2. The molecular weight excluding hydrogens is 268 g/mol. The Morgan fingerprint density at radius 1 is 1.10 bits per heavy atom. The van der Waals surface area contributed by atoms with Crippen LogP contribution in [0.5, 0.6) is 0 Å². The minimum Gasteiger partial charge on any atom is -0.282 e. The van der Waals surface area contributed by atoms with Gasteiger partial charge in [0.25, 0.3) is 0 Å². The summed E-state index contributed by atoms with van der Waals surface area (Å²) in [6.07, 6.45) is 0. The Morgan fingerprint density at radius 3 is 2.55 bits per heavy atom. The minimum atomic E-state index is 0.362. The van der Waals surface area contributed by atoms with E-state index in [1.807, 2.05) is 0 Å². The Labute approximate surface area is 122 Å². The second-order valence-corrected chi connectivity index (χ2v) is 5.67. The summed E-state index contributed by atoms with van der Waals surface area (Å²) in [5, 5.41) is 6.97. The Bertz CT molecular complexity index is 829. The quantitative estimate of drug-likeness (QED) is 0.696. The van der Waals surface area contributed by atoms with Gasteiger partial charge in [-0.25, -0.2) is 0 Å². The Kier molecular flexibility index (Phi) is 3.14. The maximum Gasteiger partial charge on any atom is 0.213 e. The van der Waals surface area contributed by atoms with Crippen molar-refractivity contribution in [2.45, 2.75) is 26.7 Å². The van der Waals surface area contributed by atoms with E-state index in [0.717, 1.165) is 28.0 Å². The van der Waals surface area contributed by atoms with Crippen molar-refractivity contribution in [2.24, 2.45) is 0 Å². The third-order valence-electron chi connectivity index (χ3n) is 3.33. The van der Waals surface area contributed by atoms with Gasteiger partial charge in [0, 0.05) is 16.6 Å². The normalized spacial score (nSPS) is 11.4. The molecule has 3 rings (SSSR count). The van der Waals surface area contributed by atoms with E-state index in [0.29, 0.717) is 10.7 Å². The van der Waals surface area contributed by atoms with Gasteiger partial charge in [-0.05, 0) is 43.3 Å². The van der Waals surface area contributed by atoms with Crippen molar-refractivity contribution in [3.63, 3.8) is 0 Å². The largest absolute Gasteiger partial charge is 0.282 e. The summed E-state index contributed by atoms with van der Waals surface area (Å²) >= 11 is 5.05. The zero-order chi connectivity index (χ0) is 14.3. The van der Waals surface area contributed by atoms with E-state index in [4.69, 9.17) is 17.2 Å². The minimum absolute atomic E-state index is 0.362. The highest BCUT2D eigenvalue weighted by Gasteiger charge is 2.12. The van der Waals surface area contributed by atoms with Crippen LogP contribution in [0.25, 0.3) is 22.3 Å². The first kappa shape index (κ1) is 13.0. The van der Waals surface area contributed by atoms with Crippen LogP contribution in [0.3, 0.4) is 0 Å². The first-order chi connectivity index (χ1) is 9.54. The monoisotopic (exact) mass is 284 g/mol. The molecule has 0 saturated heterocycles. The molecule has 0 aliphatic rings. The third kappa shape index (κ3) is 2.25. The maximum atomic E-state index is 5.05. The molecule has 1 aromatic carbocycles. The molecule has 0 aliphatic heterocycles. The molecular formula is C15H16N4S. The van der Waals surface area contributed by atoms with Crippen LogP contribution in [0.4, 0.5) is 0 Å². The number of aromatic nitrogens is 4. The molecule has 0 unspecified atom stereocenters. The molecule has 20 heavy (non-hydrogen) atoms. The van der Waals surface area contributed by atoms with Crippen molar-refractivity contribution in [1.29, 1.82) is 0 Å². The maximum absolute atomic E-state index is 5.05. The van der Waals surface area contributed by atoms with Gasteiger partial charge in [0.15, 0.2) is 5.82 Å². The number of aryl methyl sites for hydroxylation is 1. The molecule has 0 aliphatic carbocycles. The first-order valence-corrected chi connectivity index (χ1v) is 7.02. The molecule has 4 nitrogen and oxygen atoms in total. The summed E-state index contributed by atoms with van der Waals surface area (Å²) in [7, 11) is 0. The Balaban J connectivity index is 2.37. The fourth-order valence-corrected chi connectivity index (χ4v) is 2.39. The van der Waals surface area contributed by atoms with E-state index >= 15 is 0 Å². The lowest BCUT2D eigenvalue weighted by atomic mass is 10.0. The first-order valence-electron chi connectivity index (χ1n) is 6.61. The number of H-pyrrole nitrogens is 2. The zero-order valence-electron chi connectivity index (χ0n) is 11.7. The van der Waals surface area contributed by atoms with Crippen LogP contribution < -0.4 is 0 Å². The van der Waals surface area contributed by atoms with Crippen molar-refractivity contribution in [3.8, 4) is 11.4 Å². The highest BCUT2D eigenvalue weighted by atomic mass is 32.1. The average molecular weight is 284 g/mol. The van der Waals surface area contributed by atoms with Gasteiger partial charge in [-0.15, -0.1) is 0 Å². The van der Waals surface area contributed by atoms with Crippen LogP contribution in [0.2, 0.25) is 0 Å². The summed E-state index contributed by atoms with van der Waals surface area (Å²) in [6, 6.07) is 8.36. The van der Waals surface area contributed by atoms with E-state index in [1.54, 1.807) is 0 Å². The lowest BCUT2D eigenvalue weighted by Gasteiger charge is -2.10. The summed E-state index contributed by atoms with van der Waals surface area (Å²) in [6.45, 7) is 6.35. The van der Waals surface area contributed by atoms with Gasteiger partial charge in [-0.2, -0.15) is 4.98 Å². The van der Waals surface area contributed by atoms with Gasteiger partial charge in [0.1, 0.15) is 0 Å². The fourth-order valence-electron chi connectivity index (χ4n) is 2.25. The molecule has 2 heterocycles. The van der Waals surface area contributed by atoms with Gasteiger partial charge in [0.2, 0.25) is 4.77 Å². The second kappa shape index (κ2) is 4.83. The SMILES string of the molecule is Cc1ccc2nc(C(C)C)cc(-c3nc(=S)[nH][nH]3)c2c1. The molecule has 0 spiro atoms. The highest BCUT2D eigenvalue weighted by molar-refractivity contribution is 7.71. The molecule has 0 amide bonds. The topological polar surface area (TPSA) is 57.4 Å². The molecule has 0 saturated carbocycles. The standard InChI is InChI=1S/C15H16N4S/c1-8(2)13-7-11(14-17-15(20)19-18-14)10-6-9(3)4-5-12(10)16-13/h4-8H,1-3H3,(H2,17,18,19,20). The summed E-state index contributed by atoms with van der Waals surface area (Å²) in [4.78, 5) is 9.07. The Morgan fingerprint density at radius 2 is 1.90 bits per heavy atom. The number of aromatic amines is 2. The molecule has 5 heteroatoms. The van der Waals surface area contributed by atoms with Gasteiger partial charge >= 0.3 is 0 Å². The number of hydrogen-bond donors (Lipinski definition) is 2. The van der Waals surface area contributed by atoms with Gasteiger partial charge in [0.05, 0.1) is 5.52 Å². The van der Waals surface area contributed by atoms with Gasteiger partial charge < -0.3 is 0 Å². The Hall–Kier alpha value is -2.01. The molecule has 0 fully saturated rings. The van der Waals surface area contributed by atoms with Crippen LogP contribution in [0, 0.1) is 11.7 Å². The molecule has 102 valence electrons. The van der Waals surface area contributed by atoms with Crippen molar-refractivity contribution in [3.05, 3.63) is 40.3 Å². The van der Waals surface area contributed by atoms with E-state index in [-0.39, 0.29) is 0 Å². The number of benzene rings is 1. The number of pyridine rings is 1. The molecule has 2 aromatic heterocycles. The number of fused-ring (bicyclic) bond motifs is 1. The summed E-state index contributed by atoms with van der Waals surface area (Å²) < 4.78 is 0.462. The van der Waals surface area contributed by atoms with E-state index < -0.39 is 0 Å². The van der Waals surface area contributed by atoms with Crippen LogP contribution in [0.1, 0.15) is 31.0 Å². The summed E-state index contributed by atoms with van der Waals surface area (Å²) in [5.41, 5.74) is 4.28. The zero-order valence-corrected chi connectivity index (χ0v) is 12.5. The lowest BCUT2D eigenvalue weighted by molar-refractivity contribution is 0.830. The van der Waals surface area contributed by atoms with Crippen molar-refractivity contribution in [1.82, 2.24) is 20.2 Å². The van der Waals surface area contributed by atoms with Crippen LogP contribution in [0.15, 0.2) is 24.3 Å². The number of hydrogen-bond acceptors (Lipinski definition) is 3. The van der Waals surface area contributed by atoms with Crippen molar-refractivity contribution in [2.75, 3.05) is 0 Å². The summed E-state index contributed by atoms with van der Waals surface area (Å²) in [5.74, 6) is 1.12. The third-order valence-corrected chi connectivity index (χ3v) is 3.53. The number of nitrogens with one attached hydrogen (secondary N) is 2. The molecule has 2 N–H and O–H groups in total. The van der Waals surface area contributed by atoms with Gasteiger partial charge in [-0.1, -0.05) is 25.5 Å². The smallest absolute Gasteiger partial charge is 0.213 e. The molecule has 0 bridgehead atoms. The fraction of sp³-hybridized carbons (Fsp3) is 0.267. The van der Waals surface area contributed by atoms with Crippen LogP contribution in [-0.2, 0) is 0 Å². The van der Waals surface area contributed by atoms with E-state index in [9.17, 15) is 0 Å². The number of nitrogens with zero attached hydrogens (tertiary/aromatic N) is 2. The van der Waals surface area contributed by atoms with Crippen molar-refractivity contribution >= 4 is 23.1 Å². The van der Waals surface area contributed by atoms with Crippen LogP contribution >= 0.6 is 12.2 Å². The van der Waals surface area contributed by atoms with E-state index in [2.05, 4.69) is 60.2 Å². The average Bonchev–Trinajstić information content (AvgIpc) is 2.84. The second-order valence-electron chi connectivity index (χ2n) is 5.29. The molecule has 3 aromatic rings. The predicted molar refractivity (Wildman–Crippen MR) is 83.3 cm³/mol. The van der Waals surface area contributed by atoms with Gasteiger partial charge in [-0.3, -0.25) is 15.2 Å². The highest BCUT2D eigenvalue weighted by Crippen LogP contribution is 2.29. The van der Waals surface area contributed by atoms with Crippen molar-refractivity contribution < 1.29 is 0 Å².